The molecule has 2 atom stereocenters. The number of fused-ring (bicyclic) bond motifs is 1. The van der Waals surface area contributed by atoms with Crippen molar-refractivity contribution in [2.45, 2.75) is 38.1 Å². The molecule has 0 saturated carbocycles. The smallest absolute Gasteiger partial charge is 0.309 e. The fraction of sp³-hybridized carbons (Fsp3) is 0.364. The van der Waals surface area contributed by atoms with E-state index in [9.17, 15) is 18.3 Å². The number of carbonyl (C=O) groups is 1. The van der Waals surface area contributed by atoms with Crippen molar-refractivity contribution in [3.8, 4) is 0 Å². The number of aliphatic carboxylic acids is 1. The Labute approximate surface area is 176 Å². The summed E-state index contributed by atoms with van der Waals surface area (Å²) >= 11 is 0. The van der Waals surface area contributed by atoms with Crippen LogP contribution in [0.2, 0.25) is 0 Å². The Morgan fingerprint density at radius 2 is 1.77 bits per heavy atom. The largest absolute Gasteiger partial charge is 0.481 e. The number of hydrogen-bond acceptors (Lipinski definition) is 4. The van der Waals surface area contributed by atoms with Gasteiger partial charge in [-0.1, -0.05) is 36.8 Å². The normalized spacial score (nSPS) is 20.1. The van der Waals surface area contributed by atoms with Crippen molar-refractivity contribution >= 4 is 26.9 Å². The molecule has 1 fully saturated rings. The first kappa shape index (κ1) is 20.6. The van der Waals surface area contributed by atoms with E-state index in [0.29, 0.717) is 18.8 Å². The van der Waals surface area contributed by atoms with Crippen LogP contribution >= 0.6 is 0 Å². The van der Waals surface area contributed by atoms with E-state index in [1.165, 1.54) is 4.31 Å². The van der Waals surface area contributed by atoms with Gasteiger partial charge in [0.25, 0.3) is 0 Å². The second-order valence-electron chi connectivity index (χ2n) is 8.16. The molecule has 2 aromatic carbocycles. The lowest BCUT2D eigenvalue weighted by Gasteiger charge is -2.18. The standard InChI is InChI=1S/C22H25N3O4S/c1-14-4-7-17(8-5-14)30(28,29)24-12-16(3)21(13-24)25-20-10-15(2)6-9-18(20)19(23-25)11-22(26)27/h4-10,16,21H,11-13H2,1-3H3,(H,26,27)/t16-,21+/m1/s1. The summed E-state index contributed by atoms with van der Waals surface area (Å²) in [4.78, 5) is 11.6. The molecule has 8 heteroatoms. The molecule has 1 N–H and O–H groups in total. The van der Waals surface area contributed by atoms with E-state index >= 15 is 0 Å². The fourth-order valence-electron chi connectivity index (χ4n) is 4.12. The third-order valence-electron chi connectivity index (χ3n) is 5.77. The monoisotopic (exact) mass is 427 g/mol. The zero-order chi connectivity index (χ0) is 21.6. The van der Waals surface area contributed by atoms with E-state index in [4.69, 9.17) is 0 Å². The summed E-state index contributed by atoms with van der Waals surface area (Å²) in [5, 5.41) is 14.7. The van der Waals surface area contributed by atoms with Crippen LogP contribution in [0.5, 0.6) is 0 Å². The summed E-state index contributed by atoms with van der Waals surface area (Å²) in [6, 6.07) is 12.5. The Morgan fingerprint density at radius 3 is 2.43 bits per heavy atom. The van der Waals surface area contributed by atoms with E-state index in [1.54, 1.807) is 24.3 Å². The molecule has 2 heterocycles. The summed E-state index contributed by atoms with van der Waals surface area (Å²) in [6.07, 6.45) is -0.168. The molecule has 0 aliphatic carbocycles. The Morgan fingerprint density at radius 1 is 1.10 bits per heavy atom. The van der Waals surface area contributed by atoms with Gasteiger partial charge in [-0.15, -0.1) is 0 Å². The van der Waals surface area contributed by atoms with Gasteiger partial charge in [0.15, 0.2) is 0 Å². The SMILES string of the molecule is Cc1ccc(S(=O)(=O)N2C[C@@H](C)[C@@H](n3nc(CC(=O)O)c4ccc(C)cc43)C2)cc1. The second kappa shape index (κ2) is 7.52. The Kier molecular flexibility index (Phi) is 5.15. The first-order valence-electron chi connectivity index (χ1n) is 9.93. The first-order chi connectivity index (χ1) is 14.2. The van der Waals surface area contributed by atoms with Gasteiger partial charge in [-0.2, -0.15) is 9.40 Å². The maximum atomic E-state index is 13.2. The van der Waals surface area contributed by atoms with E-state index in [1.807, 2.05) is 43.7 Å². The minimum atomic E-state index is -3.60. The average Bonchev–Trinajstić information content (AvgIpc) is 3.22. The molecule has 0 bridgehead atoms. The van der Waals surface area contributed by atoms with Crippen LogP contribution in [0.25, 0.3) is 10.9 Å². The highest BCUT2D eigenvalue weighted by Crippen LogP contribution is 2.34. The quantitative estimate of drug-likeness (QED) is 0.675. The summed E-state index contributed by atoms with van der Waals surface area (Å²) in [6.45, 7) is 6.59. The number of sulfonamides is 1. The third kappa shape index (κ3) is 3.61. The molecule has 0 radical (unpaired) electrons. The molecule has 4 rings (SSSR count). The van der Waals surface area contributed by atoms with E-state index < -0.39 is 16.0 Å². The van der Waals surface area contributed by atoms with Gasteiger partial charge in [0.1, 0.15) is 0 Å². The molecule has 0 spiro atoms. The molecular weight excluding hydrogens is 402 g/mol. The van der Waals surface area contributed by atoms with Crippen LogP contribution in [0.3, 0.4) is 0 Å². The van der Waals surface area contributed by atoms with Crippen molar-refractivity contribution < 1.29 is 18.3 Å². The van der Waals surface area contributed by atoms with Crippen LogP contribution in [0, 0.1) is 19.8 Å². The van der Waals surface area contributed by atoms with E-state index in [-0.39, 0.29) is 23.3 Å². The molecule has 1 saturated heterocycles. The molecule has 3 aromatic rings. The third-order valence-corrected chi connectivity index (χ3v) is 7.62. The predicted molar refractivity (Wildman–Crippen MR) is 114 cm³/mol. The number of carboxylic acids is 1. The van der Waals surface area contributed by atoms with Gasteiger partial charge in [0, 0.05) is 18.5 Å². The van der Waals surface area contributed by atoms with Crippen molar-refractivity contribution in [2.75, 3.05) is 13.1 Å². The number of hydrogen-bond donors (Lipinski definition) is 1. The molecule has 30 heavy (non-hydrogen) atoms. The van der Waals surface area contributed by atoms with Crippen molar-refractivity contribution in [1.82, 2.24) is 14.1 Å². The Hall–Kier alpha value is -2.71. The highest BCUT2D eigenvalue weighted by molar-refractivity contribution is 7.89. The Balaban J connectivity index is 1.72. The topological polar surface area (TPSA) is 92.5 Å². The highest BCUT2D eigenvalue weighted by atomic mass is 32.2. The summed E-state index contributed by atoms with van der Waals surface area (Å²) in [5.41, 5.74) is 3.40. The van der Waals surface area contributed by atoms with Crippen LogP contribution in [-0.4, -0.2) is 46.7 Å². The van der Waals surface area contributed by atoms with Crippen molar-refractivity contribution in [3.63, 3.8) is 0 Å². The highest BCUT2D eigenvalue weighted by Gasteiger charge is 2.39. The molecule has 1 aromatic heterocycles. The minimum Gasteiger partial charge on any atom is -0.481 e. The molecule has 0 amide bonds. The summed E-state index contributed by atoms with van der Waals surface area (Å²) < 4.78 is 29.6. The second-order valence-corrected chi connectivity index (χ2v) is 10.1. The van der Waals surface area contributed by atoms with Crippen LogP contribution < -0.4 is 0 Å². The van der Waals surface area contributed by atoms with Crippen LogP contribution in [0.15, 0.2) is 47.4 Å². The lowest BCUT2D eigenvalue weighted by atomic mass is 10.1. The molecule has 158 valence electrons. The molecule has 1 aliphatic heterocycles. The van der Waals surface area contributed by atoms with Crippen LogP contribution in [0.4, 0.5) is 0 Å². The van der Waals surface area contributed by atoms with E-state index in [2.05, 4.69) is 5.10 Å². The Bertz CT molecular complexity index is 1220. The molecule has 1 aliphatic rings. The average molecular weight is 428 g/mol. The van der Waals surface area contributed by atoms with E-state index in [0.717, 1.165) is 22.0 Å². The molecule has 0 unspecified atom stereocenters. The van der Waals surface area contributed by atoms with Crippen LogP contribution in [-0.2, 0) is 21.2 Å². The van der Waals surface area contributed by atoms with Gasteiger partial charge < -0.3 is 5.11 Å². The van der Waals surface area contributed by atoms with Gasteiger partial charge in [0.05, 0.1) is 28.6 Å². The summed E-state index contributed by atoms with van der Waals surface area (Å²) in [5.74, 6) is -0.906. The van der Waals surface area contributed by atoms with Gasteiger partial charge in [0.2, 0.25) is 10.0 Å². The van der Waals surface area contributed by atoms with Gasteiger partial charge in [-0.05, 0) is 43.5 Å². The lowest BCUT2D eigenvalue weighted by Crippen LogP contribution is -2.29. The molecule has 7 nitrogen and oxygen atoms in total. The number of benzene rings is 2. The number of aryl methyl sites for hydroxylation is 2. The van der Waals surface area contributed by atoms with Crippen molar-refractivity contribution in [1.29, 1.82) is 0 Å². The van der Waals surface area contributed by atoms with Crippen molar-refractivity contribution in [2.24, 2.45) is 5.92 Å². The number of rotatable bonds is 5. The predicted octanol–water partition coefficient (Wildman–Crippen LogP) is 3.16. The lowest BCUT2D eigenvalue weighted by molar-refractivity contribution is -0.136. The maximum absolute atomic E-state index is 13.2. The number of nitrogens with zero attached hydrogens (tertiary/aromatic N) is 3. The van der Waals surface area contributed by atoms with Gasteiger partial charge >= 0.3 is 5.97 Å². The maximum Gasteiger partial charge on any atom is 0.309 e. The number of aromatic nitrogens is 2. The minimum absolute atomic E-state index is 0.0338. The number of carboxylic acid groups (broad SMARTS) is 1. The first-order valence-corrected chi connectivity index (χ1v) is 11.4. The van der Waals surface area contributed by atoms with Gasteiger partial charge in [-0.25, -0.2) is 8.42 Å². The zero-order valence-corrected chi connectivity index (χ0v) is 18.1. The zero-order valence-electron chi connectivity index (χ0n) is 17.2. The molecular formula is C22H25N3O4S. The fourth-order valence-corrected chi connectivity index (χ4v) is 5.68. The summed E-state index contributed by atoms with van der Waals surface area (Å²) in [7, 11) is -3.60. The van der Waals surface area contributed by atoms with Gasteiger partial charge in [-0.3, -0.25) is 9.48 Å². The van der Waals surface area contributed by atoms with Crippen molar-refractivity contribution in [3.05, 3.63) is 59.3 Å². The van der Waals surface area contributed by atoms with Crippen LogP contribution in [0.1, 0.15) is 29.8 Å².